The minimum atomic E-state index is -4.59. The summed E-state index contributed by atoms with van der Waals surface area (Å²) in [6.07, 6.45) is -4.22. The van der Waals surface area contributed by atoms with Crippen molar-refractivity contribution >= 4 is 28.9 Å². The monoisotopic (exact) mass is 392 g/mol. The minimum absolute atomic E-state index is 0.0487. The largest absolute Gasteiger partial charge is 0.456 e. The lowest BCUT2D eigenvalue weighted by Crippen LogP contribution is -2.08. The fourth-order valence-electron chi connectivity index (χ4n) is 1.58. The molecule has 0 spiro atoms. The molecular formula is C14H8F3IO2. The normalized spacial score (nSPS) is 11.2. The summed E-state index contributed by atoms with van der Waals surface area (Å²) in [5.74, 6) is 0.00432. The number of para-hydroxylation sites is 1. The highest BCUT2D eigenvalue weighted by Crippen LogP contribution is 2.39. The van der Waals surface area contributed by atoms with Gasteiger partial charge in [0, 0.05) is 5.56 Å². The van der Waals surface area contributed by atoms with E-state index in [1.54, 1.807) is 24.3 Å². The van der Waals surface area contributed by atoms with E-state index in [9.17, 15) is 18.0 Å². The number of alkyl halides is 3. The first-order valence-electron chi connectivity index (χ1n) is 5.50. The van der Waals surface area contributed by atoms with Crippen molar-refractivity contribution in [1.29, 1.82) is 0 Å². The van der Waals surface area contributed by atoms with Crippen LogP contribution in [0, 0.1) is 3.57 Å². The summed E-state index contributed by atoms with van der Waals surface area (Å²) >= 11 is 1.97. The number of aldehydes is 1. The lowest BCUT2D eigenvalue weighted by atomic mass is 10.1. The number of ether oxygens (including phenoxy) is 1. The topological polar surface area (TPSA) is 26.3 Å². The maximum Gasteiger partial charge on any atom is 0.420 e. The molecule has 0 aliphatic carbocycles. The van der Waals surface area contributed by atoms with E-state index in [1.807, 2.05) is 22.6 Å². The van der Waals surface area contributed by atoms with E-state index in [0.717, 1.165) is 12.1 Å². The average Bonchev–Trinajstić information content (AvgIpc) is 2.40. The van der Waals surface area contributed by atoms with Crippen LogP contribution < -0.4 is 4.74 Å². The molecule has 2 aromatic carbocycles. The minimum Gasteiger partial charge on any atom is -0.456 e. The molecule has 2 aromatic rings. The van der Waals surface area contributed by atoms with E-state index in [-0.39, 0.29) is 11.3 Å². The zero-order valence-electron chi connectivity index (χ0n) is 9.95. The predicted molar refractivity (Wildman–Crippen MR) is 76.1 cm³/mol. The van der Waals surface area contributed by atoms with Crippen molar-refractivity contribution in [1.82, 2.24) is 0 Å². The smallest absolute Gasteiger partial charge is 0.420 e. The molecule has 104 valence electrons. The third-order valence-corrected chi connectivity index (χ3v) is 3.39. The summed E-state index contributed by atoms with van der Waals surface area (Å²) in [5.41, 5.74) is -1.02. The van der Waals surface area contributed by atoms with Crippen LogP contribution in [0.3, 0.4) is 0 Å². The zero-order valence-corrected chi connectivity index (χ0v) is 12.1. The molecule has 0 saturated carbocycles. The van der Waals surface area contributed by atoms with Gasteiger partial charge in [0.25, 0.3) is 0 Å². The molecule has 2 nitrogen and oxygen atoms in total. The van der Waals surface area contributed by atoms with E-state index in [2.05, 4.69) is 0 Å². The van der Waals surface area contributed by atoms with Crippen LogP contribution >= 0.6 is 22.6 Å². The summed E-state index contributed by atoms with van der Waals surface area (Å²) in [6, 6.07) is 9.94. The first kappa shape index (κ1) is 14.8. The molecule has 0 saturated heterocycles. The molecule has 0 aliphatic rings. The number of halogens is 4. The van der Waals surface area contributed by atoms with Gasteiger partial charge in [-0.1, -0.05) is 12.1 Å². The second kappa shape index (κ2) is 5.82. The van der Waals surface area contributed by atoms with Crippen LogP contribution in [0.15, 0.2) is 42.5 Å². The van der Waals surface area contributed by atoms with Crippen molar-refractivity contribution in [2.45, 2.75) is 6.18 Å². The predicted octanol–water partition coefficient (Wildman–Crippen LogP) is 4.91. The molecule has 2 rings (SSSR count). The second-order valence-corrected chi connectivity index (χ2v) is 5.07. The van der Waals surface area contributed by atoms with E-state index in [0.29, 0.717) is 15.6 Å². The molecule has 0 aliphatic heterocycles. The first-order chi connectivity index (χ1) is 9.41. The van der Waals surface area contributed by atoms with Crippen LogP contribution in [-0.4, -0.2) is 6.29 Å². The Balaban J connectivity index is 2.46. The van der Waals surface area contributed by atoms with Crippen molar-refractivity contribution in [2.24, 2.45) is 0 Å². The standard InChI is InChI=1S/C14H8F3IO2/c15-14(16,17)10-7-9(8-19)5-6-12(10)20-13-4-2-1-3-11(13)18/h1-8H. The Kier molecular flexibility index (Phi) is 4.32. The number of hydrogen-bond acceptors (Lipinski definition) is 2. The van der Waals surface area contributed by atoms with Crippen LogP contribution in [0.1, 0.15) is 15.9 Å². The van der Waals surface area contributed by atoms with Crippen molar-refractivity contribution in [3.05, 3.63) is 57.2 Å². The summed E-state index contributed by atoms with van der Waals surface area (Å²) in [4.78, 5) is 10.6. The van der Waals surface area contributed by atoms with Crippen LogP contribution in [0.2, 0.25) is 0 Å². The van der Waals surface area contributed by atoms with Gasteiger partial charge in [-0.3, -0.25) is 4.79 Å². The van der Waals surface area contributed by atoms with Gasteiger partial charge in [0.2, 0.25) is 0 Å². The molecule has 0 radical (unpaired) electrons. The van der Waals surface area contributed by atoms with Gasteiger partial charge in [-0.05, 0) is 52.9 Å². The molecule has 20 heavy (non-hydrogen) atoms. The Morgan fingerprint density at radius 2 is 1.75 bits per heavy atom. The molecule has 0 heterocycles. The number of rotatable bonds is 3. The lowest BCUT2D eigenvalue weighted by Gasteiger charge is -2.14. The van der Waals surface area contributed by atoms with Gasteiger partial charge in [0.1, 0.15) is 17.8 Å². The van der Waals surface area contributed by atoms with Crippen LogP contribution in [-0.2, 0) is 6.18 Å². The number of benzene rings is 2. The van der Waals surface area contributed by atoms with Gasteiger partial charge < -0.3 is 4.74 Å². The average molecular weight is 392 g/mol. The third kappa shape index (κ3) is 3.30. The van der Waals surface area contributed by atoms with Gasteiger partial charge >= 0.3 is 6.18 Å². The molecule has 6 heteroatoms. The molecule has 0 fully saturated rings. The molecule has 0 unspecified atom stereocenters. The van der Waals surface area contributed by atoms with E-state index < -0.39 is 11.7 Å². The summed E-state index contributed by atoms with van der Waals surface area (Å²) in [5, 5.41) is 0. The molecule has 0 bridgehead atoms. The van der Waals surface area contributed by atoms with Gasteiger partial charge in [0.15, 0.2) is 0 Å². The van der Waals surface area contributed by atoms with Crippen LogP contribution in [0.4, 0.5) is 13.2 Å². The van der Waals surface area contributed by atoms with Crippen molar-refractivity contribution in [3.63, 3.8) is 0 Å². The number of carbonyl (C=O) groups excluding carboxylic acids is 1. The first-order valence-corrected chi connectivity index (χ1v) is 6.58. The van der Waals surface area contributed by atoms with Gasteiger partial charge in [-0.2, -0.15) is 13.2 Å². The molecule has 0 amide bonds. The summed E-state index contributed by atoms with van der Waals surface area (Å²) in [6.45, 7) is 0. The maximum atomic E-state index is 13.0. The van der Waals surface area contributed by atoms with Crippen molar-refractivity contribution < 1.29 is 22.7 Å². The highest BCUT2D eigenvalue weighted by atomic mass is 127. The highest BCUT2D eigenvalue weighted by Gasteiger charge is 2.35. The van der Waals surface area contributed by atoms with Gasteiger partial charge in [-0.15, -0.1) is 0 Å². The Morgan fingerprint density at radius 1 is 1.05 bits per heavy atom. The SMILES string of the molecule is O=Cc1ccc(Oc2ccccc2I)c(C(F)(F)F)c1. The van der Waals surface area contributed by atoms with E-state index in [1.165, 1.54) is 6.07 Å². The Hall–Kier alpha value is -1.57. The Morgan fingerprint density at radius 3 is 2.35 bits per heavy atom. The number of carbonyl (C=O) groups is 1. The molecule has 0 atom stereocenters. The van der Waals surface area contributed by atoms with E-state index in [4.69, 9.17) is 4.74 Å². The molecular weight excluding hydrogens is 384 g/mol. The Bertz CT molecular complexity index is 639. The van der Waals surface area contributed by atoms with Gasteiger partial charge in [-0.25, -0.2) is 0 Å². The fourth-order valence-corrected chi connectivity index (χ4v) is 2.07. The highest BCUT2D eigenvalue weighted by molar-refractivity contribution is 14.1. The summed E-state index contributed by atoms with van der Waals surface area (Å²) in [7, 11) is 0. The fraction of sp³-hybridized carbons (Fsp3) is 0.0714. The quantitative estimate of drug-likeness (QED) is 0.548. The lowest BCUT2D eigenvalue weighted by molar-refractivity contribution is -0.138. The molecule has 0 aromatic heterocycles. The van der Waals surface area contributed by atoms with Crippen molar-refractivity contribution in [2.75, 3.05) is 0 Å². The van der Waals surface area contributed by atoms with Crippen molar-refractivity contribution in [3.8, 4) is 11.5 Å². The zero-order chi connectivity index (χ0) is 14.8. The summed E-state index contributed by atoms with van der Waals surface area (Å²) < 4.78 is 44.9. The van der Waals surface area contributed by atoms with E-state index >= 15 is 0 Å². The maximum absolute atomic E-state index is 13.0. The third-order valence-electron chi connectivity index (χ3n) is 2.50. The van der Waals surface area contributed by atoms with Crippen LogP contribution in [0.25, 0.3) is 0 Å². The number of hydrogen-bond donors (Lipinski definition) is 0. The van der Waals surface area contributed by atoms with Gasteiger partial charge in [0.05, 0.1) is 9.13 Å². The Labute approximate surface area is 126 Å². The molecule has 0 N–H and O–H groups in total. The second-order valence-electron chi connectivity index (χ2n) is 3.90. The van der Waals surface area contributed by atoms with Crippen LogP contribution in [0.5, 0.6) is 11.5 Å².